The van der Waals surface area contributed by atoms with Crippen LogP contribution in [0.15, 0.2) is 23.6 Å². The van der Waals surface area contributed by atoms with Crippen molar-refractivity contribution in [1.29, 1.82) is 0 Å². The molecule has 0 fully saturated rings. The second kappa shape index (κ2) is 2.92. The van der Waals surface area contributed by atoms with Crippen molar-refractivity contribution in [1.82, 2.24) is 9.78 Å². The predicted molar refractivity (Wildman–Crippen MR) is 51.2 cm³/mol. The third-order valence-electron chi connectivity index (χ3n) is 1.50. The molecule has 0 N–H and O–H groups in total. The lowest BCUT2D eigenvalue weighted by atomic mass is 10.5. The van der Waals surface area contributed by atoms with Gasteiger partial charge in [-0.05, 0) is 30.5 Å². The standard InChI is InChI=1S/C8H7ClN2S/c1-6-5-7(9)11(10-6)8-3-2-4-12-8/h2-5H,1H3. The Morgan fingerprint density at radius 2 is 2.42 bits per heavy atom. The molecule has 0 bridgehead atoms. The maximum absolute atomic E-state index is 5.94. The summed E-state index contributed by atoms with van der Waals surface area (Å²) in [6.07, 6.45) is 0. The Balaban J connectivity index is 2.54. The van der Waals surface area contributed by atoms with E-state index in [-0.39, 0.29) is 0 Å². The van der Waals surface area contributed by atoms with Crippen LogP contribution in [-0.4, -0.2) is 9.78 Å². The summed E-state index contributed by atoms with van der Waals surface area (Å²) >= 11 is 7.56. The molecule has 0 radical (unpaired) electrons. The van der Waals surface area contributed by atoms with Gasteiger partial charge in [0, 0.05) is 0 Å². The molecule has 0 aliphatic heterocycles. The molecule has 2 aromatic rings. The van der Waals surface area contributed by atoms with Crippen LogP contribution in [0, 0.1) is 6.92 Å². The largest absolute Gasteiger partial charge is 0.212 e. The van der Waals surface area contributed by atoms with Crippen LogP contribution >= 0.6 is 22.9 Å². The van der Waals surface area contributed by atoms with E-state index in [1.165, 1.54) is 0 Å². The third kappa shape index (κ3) is 1.26. The molecule has 2 aromatic heterocycles. The first-order valence-electron chi connectivity index (χ1n) is 3.53. The summed E-state index contributed by atoms with van der Waals surface area (Å²) < 4.78 is 1.74. The van der Waals surface area contributed by atoms with Gasteiger partial charge in [0.05, 0.1) is 5.69 Å². The smallest absolute Gasteiger partial charge is 0.134 e. The zero-order valence-corrected chi connectivity index (χ0v) is 8.06. The Labute approximate surface area is 79.4 Å². The van der Waals surface area contributed by atoms with Crippen LogP contribution in [-0.2, 0) is 0 Å². The summed E-state index contributed by atoms with van der Waals surface area (Å²) in [5, 5.41) is 7.96. The lowest BCUT2D eigenvalue weighted by Gasteiger charge is -1.95. The van der Waals surface area contributed by atoms with Crippen LogP contribution in [0.5, 0.6) is 0 Å². The van der Waals surface area contributed by atoms with Gasteiger partial charge >= 0.3 is 0 Å². The number of hydrogen-bond donors (Lipinski definition) is 0. The molecule has 0 aromatic carbocycles. The van der Waals surface area contributed by atoms with Gasteiger partial charge in [0.1, 0.15) is 10.2 Å². The number of rotatable bonds is 1. The van der Waals surface area contributed by atoms with Crippen LogP contribution < -0.4 is 0 Å². The quantitative estimate of drug-likeness (QED) is 0.689. The minimum absolute atomic E-state index is 0.662. The van der Waals surface area contributed by atoms with Gasteiger partial charge in [-0.15, -0.1) is 11.3 Å². The highest BCUT2D eigenvalue weighted by molar-refractivity contribution is 7.12. The van der Waals surface area contributed by atoms with Crippen LogP contribution in [0.1, 0.15) is 5.69 Å². The average Bonchev–Trinajstić information content (AvgIpc) is 2.58. The minimum atomic E-state index is 0.662. The summed E-state index contributed by atoms with van der Waals surface area (Å²) in [5.74, 6) is 0. The molecular formula is C8H7ClN2S. The molecule has 0 atom stereocenters. The van der Waals surface area contributed by atoms with Gasteiger partial charge in [0.2, 0.25) is 0 Å². The summed E-state index contributed by atoms with van der Waals surface area (Å²) in [4.78, 5) is 0. The van der Waals surface area contributed by atoms with E-state index in [2.05, 4.69) is 5.10 Å². The number of halogens is 1. The van der Waals surface area contributed by atoms with Crippen LogP contribution in [0.2, 0.25) is 5.15 Å². The number of aromatic nitrogens is 2. The average molecular weight is 199 g/mol. The third-order valence-corrected chi connectivity index (χ3v) is 2.62. The number of aryl methyl sites for hydroxylation is 1. The van der Waals surface area contributed by atoms with Crippen molar-refractivity contribution in [2.45, 2.75) is 6.92 Å². The Kier molecular flexibility index (Phi) is 1.90. The lowest BCUT2D eigenvalue weighted by Crippen LogP contribution is -1.92. The van der Waals surface area contributed by atoms with Crippen molar-refractivity contribution < 1.29 is 0 Å². The van der Waals surface area contributed by atoms with Gasteiger partial charge in [-0.2, -0.15) is 5.10 Å². The maximum atomic E-state index is 5.94. The van der Waals surface area contributed by atoms with Crippen molar-refractivity contribution in [2.24, 2.45) is 0 Å². The zero-order chi connectivity index (χ0) is 8.55. The number of hydrogen-bond acceptors (Lipinski definition) is 2. The summed E-state index contributed by atoms with van der Waals surface area (Å²) in [5.41, 5.74) is 0.938. The van der Waals surface area contributed by atoms with Crippen LogP contribution in [0.3, 0.4) is 0 Å². The van der Waals surface area contributed by atoms with E-state index in [9.17, 15) is 0 Å². The molecule has 0 spiro atoms. The SMILES string of the molecule is Cc1cc(Cl)n(-c2cccs2)n1. The normalized spacial score (nSPS) is 10.5. The van der Waals surface area contributed by atoms with Gasteiger partial charge in [-0.25, -0.2) is 4.68 Å². The van der Waals surface area contributed by atoms with Crippen molar-refractivity contribution >= 4 is 22.9 Å². The van der Waals surface area contributed by atoms with Crippen LogP contribution in [0.25, 0.3) is 5.00 Å². The monoisotopic (exact) mass is 198 g/mol. The van der Waals surface area contributed by atoms with E-state index >= 15 is 0 Å². The first kappa shape index (κ1) is 7.83. The highest BCUT2D eigenvalue weighted by atomic mass is 35.5. The fraction of sp³-hybridized carbons (Fsp3) is 0.125. The van der Waals surface area contributed by atoms with Crippen molar-refractivity contribution in [3.05, 3.63) is 34.4 Å². The van der Waals surface area contributed by atoms with E-state index < -0.39 is 0 Å². The summed E-state index contributed by atoms with van der Waals surface area (Å²) in [6, 6.07) is 5.82. The number of thiophene rings is 1. The van der Waals surface area contributed by atoms with Gasteiger partial charge in [0.25, 0.3) is 0 Å². The molecule has 0 saturated carbocycles. The first-order valence-corrected chi connectivity index (χ1v) is 4.79. The zero-order valence-electron chi connectivity index (χ0n) is 6.49. The Morgan fingerprint density at radius 1 is 1.58 bits per heavy atom. The second-order valence-corrected chi connectivity index (χ2v) is 3.78. The van der Waals surface area contributed by atoms with Crippen molar-refractivity contribution in [2.75, 3.05) is 0 Å². The van der Waals surface area contributed by atoms with Gasteiger partial charge in [0.15, 0.2) is 0 Å². The van der Waals surface area contributed by atoms with Gasteiger partial charge in [-0.3, -0.25) is 0 Å². The van der Waals surface area contributed by atoms with Crippen molar-refractivity contribution in [3.8, 4) is 5.00 Å². The highest BCUT2D eigenvalue weighted by Crippen LogP contribution is 2.20. The minimum Gasteiger partial charge on any atom is -0.212 e. The van der Waals surface area contributed by atoms with Crippen molar-refractivity contribution in [3.63, 3.8) is 0 Å². The molecule has 2 nitrogen and oxygen atoms in total. The Morgan fingerprint density at radius 3 is 2.92 bits per heavy atom. The molecule has 2 heterocycles. The predicted octanol–water partition coefficient (Wildman–Crippen LogP) is 2.90. The molecule has 0 aliphatic rings. The molecule has 4 heteroatoms. The second-order valence-electron chi connectivity index (χ2n) is 2.47. The van der Waals surface area contributed by atoms with Gasteiger partial charge < -0.3 is 0 Å². The molecule has 62 valence electrons. The lowest BCUT2D eigenvalue weighted by molar-refractivity contribution is 0.879. The number of nitrogens with zero attached hydrogens (tertiary/aromatic N) is 2. The molecule has 2 rings (SSSR count). The summed E-state index contributed by atoms with van der Waals surface area (Å²) in [7, 11) is 0. The molecule has 0 saturated heterocycles. The molecule has 0 aliphatic carbocycles. The highest BCUT2D eigenvalue weighted by Gasteiger charge is 2.04. The van der Waals surface area contributed by atoms with Crippen LogP contribution in [0.4, 0.5) is 0 Å². The molecular weight excluding hydrogens is 192 g/mol. The van der Waals surface area contributed by atoms with E-state index in [4.69, 9.17) is 11.6 Å². The fourth-order valence-electron chi connectivity index (χ4n) is 1.01. The maximum Gasteiger partial charge on any atom is 0.134 e. The Bertz CT molecular complexity index is 378. The van der Waals surface area contributed by atoms with Gasteiger partial charge in [-0.1, -0.05) is 11.6 Å². The Hall–Kier alpha value is -0.800. The van der Waals surface area contributed by atoms with E-state index in [1.54, 1.807) is 16.0 Å². The topological polar surface area (TPSA) is 17.8 Å². The summed E-state index contributed by atoms with van der Waals surface area (Å²) in [6.45, 7) is 1.93. The molecule has 12 heavy (non-hydrogen) atoms. The van der Waals surface area contributed by atoms with E-state index in [0.29, 0.717) is 5.15 Å². The van der Waals surface area contributed by atoms with E-state index in [1.807, 2.05) is 30.5 Å². The first-order chi connectivity index (χ1) is 5.77. The van der Waals surface area contributed by atoms with E-state index in [0.717, 1.165) is 10.7 Å². The molecule has 0 amide bonds. The molecule has 0 unspecified atom stereocenters. The fourth-order valence-corrected chi connectivity index (χ4v) is 2.04.